The lowest BCUT2D eigenvalue weighted by molar-refractivity contribution is 0.282. The van der Waals surface area contributed by atoms with E-state index >= 15 is 0 Å². The molecule has 0 aromatic carbocycles. The lowest BCUT2D eigenvalue weighted by Gasteiger charge is -2.00. The van der Waals surface area contributed by atoms with Gasteiger partial charge < -0.3 is 5.11 Å². The molecule has 1 heteroatoms. The van der Waals surface area contributed by atoms with Gasteiger partial charge in [0.15, 0.2) is 0 Å². The Kier molecular flexibility index (Phi) is 19.4. The molecular formula is C20H40O. The summed E-state index contributed by atoms with van der Waals surface area (Å²) >= 11 is 0. The van der Waals surface area contributed by atoms with Crippen LogP contribution in [0, 0.1) is 0 Å². The Bertz CT molecular complexity index is 198. The Morgan fingerprint density at radius 2 is 0.905 bits per heavy atom. The number of aliphatic hydroxyl groups is 1. The molecule has 126 valence electrons. The Morgan fingerprint density at radius 3 is 1.33 bits per heavy atom. The van der Waals surface area contributed by atoms with Gasteiger partial charge >= 0.3 is 0 Å². The average Bonchev–Trinajstić information content (AvgIpc) is 2.50. The third-order valence-corrected chi connectivity index (χ3v) is 4.17. The average molecular weight is 297 g/mol. The summed E-state index contributed by atoms with van der Waals surface area (Å²) in [4.78, 5) is 0. The van der Waals surface area contributed by atoms with Crippen molar-refractivity contribution in [2.24, 2.45) is 0 Å². The molecule has 0 aliphatic carbocycles. The Labute approximate surface area is 134 Å². The molecule has 0 spiro atoms. The van der Waals surface area contributed by atoms with E-state index in [0.717, 1.165) is 6.42 Å². The van der Waals surface area contributed by atoms with Gasteiger partial charge in [0.1, 0.15) is 0 Å². The maximum atomic E-state index is 8.68. The van der Waals surface area contributed by atoms with Crippen LogP contribution in [0.1, 0.15) is 110 Å². The second-order valence-corrected chi connectivity index (χ2v) is 6.37. The van der Waals surface area contributed by atoms with Gasteiger partial charge in [0, 0.05) is 6.61 Å². The topological polar surface area (TPSA) is 20.2 Å². The predicted molar refractivity (Wildman–Crippen MR) is 95.8 cm³/mol. The molecule has 0 atom stereocenters. The SMILES string of the molecule is CCCCCCCCC/C=C/CCCCCCCCCO. The van der Waals surface area contributed by atoms with Gasteiger partial charge in [-0.3, -0.25) is 0 Å². The molecule has 0 aliphatic rings. The number of unbranched alkanes of at least 4 members (excludes halogenated alkanes) is 14. The van der Waals surface area contributed by atoms with E-state index in [2.05, 4.69) is 19.1 Å². The highest BCUT2D eigenvalue weighted by Gasteiger charge is 1.91. The summed E-state index contributed by atoms with van der Waals surface area (Å²) in [7, 11) is 0. The molecule has 0 fully saturated rings. The molecule has 0 unspecified atom stereocenters. The largest absolute Gasteiger partial charge is 0.396 e. The summed E-state index contributed by atoms with van der Waals surface area (Å²) in [5.41, 5.74) is 0. The molecular weight excluding hydrogens is 256 g/mol. The zero-order chi connectivity index (χ0) is 15.4. The first kappa shape index (κ1) is 20.7. The molecule has 0 aromatic rings. The van der Waals surface area contributed by atoms with E-state index in [1.54, 1.807) is 0 Å². The van der Waals surface area contributed by atoms with Gasteiger partial charge in [0.25, 0.3) is 0 Å². The van der Waals surface area contributed by atoms with Crippen molar-refractivity contribution in [3.05, 3.63) is 12.2 Å². The van der Waals surface area contributed by atoms with Crippen LogP contribution in [0.2, 0.25) is 0 Å². The summed E-state index contributed by atoms with van der Waals surface area (Å²) in [5, 5.41) is 8.68. The van der Waals surface area contributed by atoms with E-state index < -0.39 is 0 Å². The fourth-order valence-electron chi connectivity index (χ4n) is 2.71. The van der Waals surface area contributed by atoms with Crippen LogP contribution in [0.4, 0.5) is 0 Å². The molecule has 0 saturated heterocycles. The number of aliphatic hydroxyl groups excluding tert-OH is 1. The molecule has 0 aliphatic heterocycles. The predicted octanol–water partition coefficient (Wildman–Crippen LogP) is 6.80. The van der Waals surface area contributed by atoms with E-state index in [4.69, 9.17) is 5.11 Å². The van der Waals surface area contributed by atoms with E-state index in [9.17, 15) is 0 Å². The maximum absolute atomic E-state index is 8.68. The van der Waals surface area contributed by atoms with E-state index in [1.165, 1.54) is 96.3 Å². The molecule has 0 rings (SSSR count). The van der Waals surface area contributed by atoms with Crippen LogP contribution in [-0.2, 0) is 0 Å². The number of rotatable bonds is 17. The lowest BCUT2D eigenvalue weighted by atomic mass is 10.1. The first-order valence-corrected chi connectivity index (χ1v) is 9.67. The Hall–Kier alpha value is -0.300. The fourth-order valence-corrected chi connectivity index (χ4v) is 2.71. The summed E-state index contributed by atoms with van der Waals surface area (Å²) < 4.78 is 0. The summed E-state index contributed by atoms with van der Waals surface area (Å²) in [6.45, 7) is 2.64. The first-order chi connectivity index (χ1) is 10.4. The fraction of sp³-hybridized carbons (Fsp3) is 0.900. The number of allylic oxidation sites excluding steroid dienone is 2. The quantitative estimate of drug-likeness (QED) is 0.231. The molecule has 1 N–H and O–H groups in total. The summed E-state index contributed by atoms with van der Waals surface area (Å²) in [6, 6.07) is 0. The van der Waals surface area contributed by atoms with Gasteiger partial charge in [-0.1, -0.05) is 89.7 Å². The smallest absolute Gasteiger partial charge is 0.0431 e. The van der Waals surface area contributed by atoms with Crippen molar-refractivity contribution in [1.29, 1.82) is 0 Å². The van der Waals surface area contributed by atoms with Gasteiger partial charge in [-0.2, -0.15) is 0 Å². The molecule has 0 amide bonds. The van der Waals surface area contributed by atoms with Gasteiger partial charge in [0.05, 0.1) is 0 Å². The standard InChI is InChI=1S/C20H40O/c1-2-3-4-5-6-7-8-9-10-11-12-13-14-15-16-17-18-19-20-21/h10-11,21H,2-9,12-20H2,1H3/b11-10+. The van der Waals surface area contributed by atoms with Crippen molar-refractivity contribution < 1.29 is 5.11 Å². The zero-order valence-corrected chi connectivity index (χ0v) is 14.6. The minimum atomic E-state index is 0.365. The van der Waals surface area contributed by atoms with Gasteiger partial charge in [-0.15, -0.1) is 0 Å². The van der Waals surface area contributed by atoms with Crippen molar-refractivity contribution in [3.8, 4) is 0 Å². The highest BCUT2D eigenvalue weighted by atomic mass is 16.2. The van der Waals surface area contributed by atoms with E-state index in [-0.39, 0.29) is 0 Å². The monoisotopic (exact) mass is 296 g/mol. The van der Waals surface area contributed by atoms with Gasteiger partial charge in [0.2, 0.25) is 0 Å². The van der Waals surface area contributed by atoms with Crippen molar-refractivity contribution in [2.75, 3.05) is 6.61 Å². The maximum Gasteiger partial charge on any atom is 0.0431 e. The van der Waals surface area contributed by atoms with Crippen LogP contribution in [0.15, 0.2) is 12.2 Å². The van der Waals surface area contributed by atoms with E-state index in [1.807, 2.05) is 0 Å². The lowest BCUT2D eigenvalue weighted by Crippen LogP contribution is -1.84. The minimum Gasteiger partial charge on any atom is -0.396 e. The van der Waals surface area contributed by atoms with Crippen LogP contribution >= 0.6 is 0 Å². The first-order valence-electron chi connectivity index (χ1n) is 9.67. The number of hydrogen-bond donors (Lipinski definition) is 1. The van der Waals surface area contributed by atoms with Crippen LogP contribution < -0.4 is 0 Å². The van der Waals surface area contributed by atoms with Crippen LogP contribution in [0.25, 0.3) is 0 Å². The highest BCUT2D eigenvalue weighted by molar-refractivity contribution is 4.81. The van der Waals surface area contributed by atoms with Gasteiger partial charge in [-0.25, -0.2) is 0 Å². The Morgan fingerprint density at radius 1 is 0.524 bits per heavy atom. The van der Waals surface area contributed by atoms with Crippen LogP contribution in [0.3, 0.4) is 0 Å². The second kappa shape index (κ2) is 19.7. The highest BCUT2D eigenvalue weighted by Crippen LogP contribution is 2.10. The van der Waals surface area contributed by atoms with Crippen molar-refractivity contribution >= 4 is 0 Å². The van der Waals surface area contributed by atoms with E-state index in [0.29, 0.717) is 6.61 Å². The third kappa shape index (κ3) is 19.7. The minimum absolute atomic E-state index is 0.365. The molecule has 0 radical (unpaired) electrons. The summed E-state index contributed by atoms with van der Waals surface area (Å²) in [5.74, 6) is 0. The van der Waals surface area contributed by atoms with Gasteiger partial charge in [-0.05, 0) is 32.1 Å². The molecule has 1 nitrogen and oxygen atoms in total. The van der Waals surface area contributed by atoms with Crippen LogP contribution in [-0.4, -0.2) is 11.7 Å². The second-order valence-electron chi connectivity index (χ2n) is 6.37. The molecule has 21 heavy (non-hydrogen) atoms. The number of hydrogen-bond acceptors (Lipinski definition) is 1. The third-order valence-electron chi connectivity index (χ3n) is 4.17. The molecule has 0 aromatic heterocycles. The normalized spacial score (nSPS) is 11.5. The summed E-state index contributed by atoms with van der Waals surface area (Å²) in [6.07, 6.45) is 26.2. The van der Waals surface area contributed by atoms with Crippen LogP contribution in [0.5, 0.6) is 0 Å². The Balaban J connectivity index is 3.02. The molecule has 0 saturated carbocycles. The van der Waals surface area contributed by atoms with Crippen molar-refractivity contribution in [2.45, 2.75) is 110 Å². The molecule has 0 bridgehead atoms. The zero-order valence-electron chi connectivity index (χ0n) is 14.6. The van der Waals surface area contributed by atoms with Crippen molar-refractivity contribution in [1.82, 2.24) is 0 Å². The molecule has 0 heterocycles. The van der Waals surface area contributed by atoms with Crippen molar-refractivity contribution in [3.63, 3.8) is 0 Å².